The van der Waals surface area contributed by atoms with Crippen molar-refractivity contribution in [1.29, 1.82) is 0 Å². The molecule has 1 atom stereocenters. The highest BCUT2D eigenvalue weighted by Crippen LogP contribution is 2.10. The smallest absolute Gasteiger partial charge is 0.126 e. The maximum Gasteiger partial charge on any atom is 0.126 e. The Balaban J connectivity index is 2.31. The van der Waals surface area contributed by atoms with Crippen molar-refractivity contribution in [2.75, 3.05) is 26.9 Å². The first-order chi connectivity index (χ1) is 8.77. The minimum Gasteiger partial charge on any atom is -0.382 e. The minimum atomic E-state index is -0.196. The third-order valence-electron chi connectivity index (χ3n) is 2.70. The second-order valence-electron chi connectivity index (χ2n) is 4.05. The Morgan fingerprint density at radius 2 is 2.06 bits per heavy atom. The summed E-state index contributed by atoms with van der Waals surface area (Å²) >= 11 is 0. The number of halogens is 1. The molecule has 0 fully saturated rings. The topological polar surface area (TPSA) is 56.5 Å². The van der Waals surface area contributed by atoms with Crippen molar-refractivity contribution in [2.45, 2.75) is 18.9 Å². The van der Waals surface area contributed by atoms with Crippen LogP contribution in [-0.4, -0.2) is 33.0 Å². The molecule has 0 heterocycles. The zero-order valence-electron chi connectivity index (χ0n) is 10.7. The van der Waals surface area contributed by atoms with Gasteiger partial charge in [0.1, 0.15) is 5.82 Å². The van der Waals surface area contributed by atoms with Crippen molar-refractivity contribution in [2.24, 2.45) is 5.84 Å². The van der Waals surface area contributed by atoms with Crippen LogP contribution in [0.5, 0.6) is 0 Å². The molecule has 0 aromatic heterocycles. The minimum absolute atomic E-state index is 0.00412. The van der Waals surface area contributed by atoms with Crippen LogP contribution in [0.15, 0.2) is 24.3 Å². The highest BCUT2D eigenvalue weighted by molar-refractivity contribution is 5.18. The lowest BCUT2D eigenvalue weighted by atomic mass is 10.0. The fourth-order valence-electron chi connectivity index (χ4n) is 1.64. The molecule has 1 aromatic rings. The monoisotopic (exact) mass is 256 g/mol. The van der Waals surface area contributed by atoms with E-state index in [1.54, 1.807) is 19.2 Å². The molecule has 18 heavy (non-hydrogen) atoms. The van der Waals surface area contributed by atoms with Gasteiger partial charge in [0, 0.05) is 19.8 Å². The summed E-state index contributed by atoms with van der Waals surface area (Å²) in [5.41, 5.74) is 3.35. The molecule has 0 aliphatic rings. The molecule has 0 spiro atoms. The number of hydrazine groups is 1. The van der Waals surface area contributed by atoms with Crippen LogP contribution in [0.3, 0.4) is 0 Å². The molecule has 0 bridgehead atoms. The highest BCUT2D eigenvalue weighted by Gasteiger charge is 2.10. The van der Waals surface area contributed by atoms with Gasteiger partial charge in [0.05, 0.1) is 13.2 Å². The maximum atomic E-state index is 13.5. The Labute approximate surface area is 107 Å². The lowest BCUT2D eigenvalue weighted by Crippen LogP contribution is -2.37. The summed E-state index contributed by atoms with van der Waals surface area (Å²) in [5.74, 6) is 5.26. The summed E-state index contributed by atoms with van der Waals surface area (Å²) in [4.78, 5) is 0. The molecule has 0 saturated heterocycles. The van der Waals surface area contributed by atoms with Crippen LogP contribution in [0, 0.1) is 5.82 Å². The van der Waals surface area contributed by atoms with E-state index in [0.29, 0.717) is 31.8 Å². The summed E-state index contributed by atoms with van der Waals surface area (Å²) in [6.45, 7) is 1.72. The Kier molecular flexibility index (Phi) is 7.52. The third-order valence-corrected chi connectivity index (χ3v) is 2.70. The molecule has 1 aromatic carbocycles. The number of methoxy groups -OCH3 is 1. The maximum absolute atomic E-state index is 13.5. The van der Waals surface area contributed by atoms with Crippen LogP contribution >= 0.6 is 0 Å². The van der Waals surface area contributed by atoms with E-state index in [2.05, 4.69) is 5.43 Å². The van der Waals surface area contributed by atoms with Crippen molar-refractivity contribution < 1.29 is 13.9 Å². The summed E-state index contributed by atoms with van der Waals surface area (Å²) in [6.07, 6.45) is 1.28. The van der Waals surface area contributed by atoms with Crippen LogP contribution in [0.4, 0.5) is 4.39 Å². The average molecular weight is 256 g/mol. The quantitative estimate of drug-likeness (QED) is 0.397. The van der Waals surface area contributed by atoms with E-state index < -0.39 is 0 Å². The second-order valence-corrected chi connectivity index (χ2v) is 4.05. The number of rotatable bonds is 9. The molecule has 4 nitrogen and oxygen atoms in total. The standard InChI is InChI=1S/C13H21FN2O2/c1-17-8-9-18-7-6-12(16-15)10-11-4-2-3-5-13(11)14/h2-5,12,16H,6-10,15H2,1H3. The Hall–Kier alpha value is -1.01. The number of hydrogen-bond acceptors (Lipinski definition) is 4. The van der Waals surface area contributed by atoms with Gasteiger partial charge in [-0.3, -0.25) is 11.3 Å². The van der Waals surface area contributed by atoms with E-state index in [-0.39, 0.29) is 11.9 Å². The largest absolute Gasteiger partial charge is 0.382 e. The van der Waals surface area contributed by atoms with E-state index in [4.69, 9.17) is 15.3 Å². The molecule has 0 radical (unpaired) electrons. The molecule has 0 saturated carbocycles. The molecule has 0 aliphatic carbocycles. The van der Waals surface area contributed by atoms with Crippen LogP contribution in [0.1, 0.15) is 12.0 Å². The van der Waals surface area contributed by atoms with Gasteiger partial charge < -0.3 is 9.47 Å². The molecule has 1 rings (SSSR count). The first kappa shape index (κ1) is 15.0. The van der Waals surface area contributed by atoms with Crippen LogP contribution < -0.4 is 11.3 Å². The molecular weight excluding hydrogens is 235 g/mol. The number of nitrogens with two attached hydrogens (primary N) is 1. The van der Waals surface area contributed by atoms with Crippen molar-refractivity contribution >= 4 is 0 Å². The molecule has 0 amide bonds. The summed E-state index contributed by atoms with van der Waals surface area (Å²) < 4.78 is 23.7. The first-order valence-electron chi connectivity index (χ1n) is 6.04. The highest BCUT2D eigenvalue weighted by atomic mass is 19.1. The normalized spacial score (nSPS) is 12.6. The van der Waals surface area contributed by atoms with Gasteiger partial charge in [-0.05, 0) is 24.5 Å². The van der Waals surface area contributed by atoms with E-state index in [1.807, 2.05) is 6.07 Å². The van der Waals surface area contributed by atoms with Gasteiger partial charge in [-0.25, -0.2) is 4.39 Å². The third kappa shape index (κ3) is 5.55. The van der Waals surface area contributed by atoms with Crippen LogP contribution in [0.2, 0.25) is 0 Å². The van der Waals surface area contributed by atoms with Crippen molar-refractivity contribution in [3.05, 3.63) is 35.6 Å². The van der Waals surface area contributed by atoms with E-state index in [9.17, 15) is 4.39 Å². The fourth-order valence-corrected chi connectivity index (χ4v) is 1.64. The van der Waals surface area contributed by atoms with Crippen molar-refractivity contribution in [3.8, 4) is 0 Å². The zero-order valence-corrected chi connectivity index (χ0v) is 10.7. The molecule has 1 unspecified atom stereocenters. The van der Waals surface area contributed by atoms with Gasteiger partial charge in [0.2, 0.25) is 0 Å². The summed E-state index contributed by atoms with van der Waals surface area (Å²) in [7, 11) is 1.63. The molecular formula is C13H21FN2O2. The van der Waals surface area contributed by atoms with Gasteiger partial charge in [-0.2, -0.15) is 0 Å². The number of hydrogen-bond donors (Lipinski definition) is 2. The number of nitrogens with one attached hydrogen (secondary N) is 1. The van der Waals surface area contributed by atoms with E-state index in [0.717, 1.165) is 6.42 Å². The van der Waals surface area contributed by atoms with Crippen molar-refractivity contribution in [1.82, 2.24) is 5.43 Å². The van der Waals surface area contributed by atoms with Gasteiger partial charge in [-0.1, -0.05) is 18.2 Å². The van der Waals surface area contributed by atoms with E-state index >= 15 is 0 Å². The Morgan fingerprint density at radius 1 is 1.28 bits per heavy atom. The Morgan fingerprint density at radius 3 is 2.72 bits per heavy atom. The molecule has 102 valence electrons. The SMILES string of the molecule is COCCOCCC(Cc1ccccc1F)NN. The summed E-state index contributed by atoms with van der Waals surface area (Å²) in [6, 6.07) is 6.73. The van der Waals surface area contributed by atoms with Crippen molar-refractivity contribution in [3.63, 3.8) is 0 Å². The second kappa shape index (κ2) is 8.99. The lowest BCUT2D eigenvalue weighted by molar-refractivity contribution is 0.0658. The van der Waals surface area contributed by atoms with Gasteiger partial charge in [0.25, 0.3) is 0 Å². The fraction of sp³-hybridized carbons (Fsp3) is 0.538. The molecule has 5 heteroatoms. The predicted octanol–water partition coefficient (Wildman–Crippen LogP) is 1.25. The summed E-state index contributed by atoms with van der Waals surface area (Å²) in [5, 5.41) is 0. The average Bonchev–Trinajstić information content (AvgIpc) is 2.39. The molecule has 3 N–H and O–H groups in total. The first-order valence-corrected chi connectivity index (χ1v) is 6.04. The van der Waals surface area contributed by atoms with Gasteiger partial charge >= 0.3 is 0 Å². The molecule has 0 aliphatic heterocycles. The van der Waals surface area contributed by atoms with Crippen LogP contribution in [-0.2, 0) is 15.9 Å². The van der Waals surface area contributed by atoms with Gasteiger partial charge in [-0.15, -0.1) is 0 Å². The van der Waals surface area contributed by atoms with Gasteiger partial charge in [0.15, 0.2) is 0 Å². The predicted molar refractivity (Wildman–Crippen MR) is 68.5 cm³/mol. The van der Waals surface area contributed by atoms with E-state index in [1.165, 1.54) is 6.07 Å². The lowest BCUT2D eigenvalue weighted by Gasteiger charge is -2.16. The Bertz CT molecular complexity index is 337. The number of benzene rings is 1. The zero-order chi connectivity index (χ0) is 13.2. The van der Waals surface area contributed by atoms with Crippen LogP contribution in [0.25, 0.3) is 0 Å². The number of ether oxygens (including phenoxy) is 2.